The number of rotatable bonds is 4. The zero-order valence-corrected chi connectivity index (χ0v) is 12.0. The van der Waals surface area contributed by atoms with Gasteiger partial charge in [0.25, 0.3) is 5.56 Å². The zero-order valence-electron chi connectivity index (χ0n) is 12.0. The summed E-state index contributed by atoms with van der Waals surface area (Å²) in [7, 11) is 0. The van der Waals surface area contributed by atoms with Crippen LogP contribution in [0, 0.1) is 6.92 Å². The first kappa shape index (κ1) is 13.4. The summed E-state index contributed by atoms with van der Waals surface area (Å²) >= 11 is 0. The smallest absolute Gasteiger partial charge is 0.250 e. The standard InChI is InChI=1S/C16H18N4O/c1-12-18-14-5-2-3-6-15(14)20(12)10-4-9-19-11-13(17)7-8-16(19)21/h2-3,5-8,11H,4,9-10,17H2,1H3. The number of pyridine rings is 1. The predicted octanol–water partition coefficient (Wildman–Crippen LogP) is 2.18. The highest BCUT2D eigenvalue weighted by Gasteiger charge is 2.06. The summed E-state index contributed by atoms with van der Waals surface area (Å²) < 4.78 is 3.84. The van der Waals surface area contributed by atoms with Crippen molar-refractivity contribution in [3.63, 3.8) is 0 Å². The van der Waals surface area contributed by atoms with Gasteiger partial charge in [0.2, 0.25) is 0 Å². The van der Waals surface area contributed by atoms with E-state index in [1.54, 1.807) is 16.8 Å². The first-order chi connectivity index (χ1) is 10.1. The third kappa shape index (κ3) is 2.67. The van der Waals surface area contributed by atoms with Crippen LogP contribution in [0.25, 0.3) is 11.0 Å². The van der Waals surface area contributed by atoms with Crippen LogP contribution in [0.15, 0.2) is 47.4 Å². The van der Waals surface area contributed by atoms with E-state index in [1.165, 1.54) is 6.07 Å². The maximum Gasteiger partial charge on any atom is 0.250 e. The molecular weight excluding hydrogens is 264 g/mol. The zero-order chi connectivity index (χ0) is 14.8. The minimum Gasteiger partial charge on any atom is -0.398 e. The largest absolute Gasteiger partial charge is 0.398 e. The minimum atomic E-state index is -0.0172. The van der Waals surface area contributed by atoms with E-state index in [1.807, 2.05) is 25.1 Å². The molecule has 0 fully saturated rings. The minimum absolute atomic E-state index is 0.0172. The monoisotopic (exact) mass is 282 g/mol. The van der Waals surface area contributed by atoms with Crippen LogP contribution in [0.4, 0.5) is 5.69 Å². The van der Waals surface area contributed by atoms with E-state index in [2.05, 4.69) is 15.6 Å². The second kappa shape index (κ2) is 5.44. The van der Waals surface area contributed by atoms with Crippen molar-refractivity contribution < 1.29 is 0 Å². The van der Waals surface area contributed by atoms with Crippen LogP contribution in [0.1, 0.15) is 12.2 Å². The number of hydrogen-bond donors (Lipinski definition) is 1. The van der Waals surface area contributed by atoms with Crippen molar-refractivity contribution in [1.29, 1.82) is 0 Å². The fraction of sp³-hybridized carbons (Fsp3) is 0.250. The molecule has 21 heavy (non-hydrogen) atoms. The van der Waals surface area contributed by atoms with E-state index >= 15 is 0 Å². The van der Waals surface area contributed by atoms with Crippen LogP contribution < -0.4 is 11.3 Å². The highest BCUT2D eigenvalue weighted by molar-refractivity contribution is 5.75. The Morgan fingerprint density at radius 2 is 1.95 bits per heavy atom. The van der Waals surface area contributed by atoms with Crippen LogP contribution in [0.3, 0.4) is 0 Å². The molecule has 0 spiro atoms. The number of nitrogens with zero attached hydrogens (tertiary/aromatic N) is 3. The van der Waals surface area contributed by atoms with Gasteiger partial charge in [0, 0.05) is 31.0 Å². The molecule has 0 radical (unpaired) electrons. The normalized spacial score (nSPS) is 11.1. The SMILES string of the molecule is Cc1nc2ccccc2n1CCCn1cc(N)ccc1=O. The summed E-state index contributed by atoms with van der Waals surface area (Å²) in [5, 5.41) is 0. The van der Waals surface area contributed by atoms with Gasteiger partial charge in [-0.1, -0.05) is 12.1 Å². The molecule has 2 aromatic heterocycles. The molecule has 0 atom stereocenters. The van der Waals surface area contributed by atoms with E-state index < -0.39 is 0 Å². The lowest BCUT2D eigenvalue weighted by Crippen LogP contribution is -2.19. The van der Waals surface area contributed by atoms with E-state index in [0.717, 1.165) is 29.8 Å². The van der Waals surface area contributed by atoms with E-state index in [4.69, 9.17) is 5.73 Å². The number of para-hydroxylation sites is 2. The molecule has 3 aromatic rings. The quantitative estimate of drug-likeness (QED) is 0.797. The van der Waals surface area contributed by atoms with Crippen molar-refractivity contribution >= 4 is 16.7 Å². The van der Waals surface area contributed by atoms with Crippen LogP contribution in [-0.4, -0.2) is 14.1 Å². The number of aromatic nitrogens is 3. The average Bonchev–Trinajstić information content (AvgIpc) is 2.79. The Bertz CT molecular complexity index is 832. The molecule has 5 nitrogen and oxygen atoms in total. The lowest BCUT2D eigenvalue weighted by atomic mass is 10.3. The first-order valence-electron chi connectivity index (χ1n) is 7.03. The highest BCUT2D eigenvalue weighted by atomic mass is 16.1. The lowest BCUT2D eigenvalue weighted by molar-refractivity contribution is 0.554. The Kier molecular flexibility index (Phi) is 3.48. The van der Waals surface area contributed by atoms with Crippen molar-refractivity contribution in [3.05, 3.63) is 58.8 Å². The number of aryl methyl sites for hydroxylation is 3. The van der Waals surface area contributed by atoms with Gasteiger partial charge in [0.05, 0.1) is 11.0 Å². The van der Waals surface area contributed by atoms with Gasteiger partial charge in [-0.25, -0.2) is 4.98 Å². The van der Waals surface area contributed by atoms with Crippen molar-refractivity contribution in [2.24, 2.45) is 0 Å². The molecule has 0 amide bonds. The van der Waals surface area contributed by atoms with Crippen LogP contribution in [0.2, 0.25) is 0 Å². The summed E-state index contributed by atoms with van der Waals surface area (Å²) in [5.74, 6) is 0.996. The molecule has 2 N–H and O–H groups in total. The summed E-state index contributed by atoms with van der Waals surface area (Å²) in [6, 6.07) is 11.2. The highest BCUT2D eigenvalue weighted by Crippen LogP contribution is 2.15. The van der Waals surface area contributed by atoms with Gasteiger partial charge in [0.15, 0.2) is 0 Å². The number of nitrogens with two attached hydrogens (primary N) is 1. The molecule has 0 aliphatic carbocycles. The van der Waals surface area contributed by atoms with E-state index in [-0.39, 0.29) is 5.56 Å². The number of anilines is 1. The number of benzene rings is 1. The Morgan fingerprint density at radius 3 is 2.81 bits per heavy atom. The number of fused-ring (bicyclic) bond motifs is 1. The van der Waals surface area contributed by atoms with Crippen molar-refractivity contribution in [2.45, 2.75) is 26.4 Å². The molecule has 5 heteroatoms. The molecule has 0 saturated heterocycles. The number of hydrogen-bond acceptors (Lipinski definition) is 3. The van der Waals surface area contributed by atoms with Gasteiger partial charge in [-0.2, -0.15) is 0 Å². The van der Waals surface area contributed by atoms with Gasteiger partial charge < -0.3 is 14.9 Å². The van der Waals surface area contributed by atoms with E-state index in [9.17, 15) is 4.79 Å². The van der Waals surface area contributed by atoms with Gasteiger partial charge >= 0.3 is 0 Å². The lowest BCUT2D eigenvalue weighted by Gasteiger charge is -2.09. The second-order valence-electron chi connectivity index (χ2n) is 5.15. The summed E-state index contributed by atoms with van der Waals surface area (Å²) in [5.41, 5.74) is 8.45. The molecule has 3 rings (SSSR count). The van der Waals surface area contributed by atoms with Crippen LogP contribution >= 0.6 is 0 Å². The third-order valence-electron chi connectivity index (χ3n) is 3.63. The maximum atomic E-state index is 11.7. The summed E-state index contributed by atoms with van der Waals surface area (Å²) in [6.45, 7) is 3.48. The fourth-order valence-electron chi connectivity index (χ4n) is 2.60. The van der Waals surface area contributed by atoms with Crippen LogP contribution in [0.5, 0.6) is 0 Å². The molecule has 108 valence electrons. The van der Waals surface area contributed by atoms with Crippen LogP contribution in [-0.2, 0) is 13.1 Å². The fourth-order valence-corrected chi connectivity index (χ4v) is 2.60. The number of imidazole rings is 1. The van der Waals surface area contributed by atoms with Crippen molar-refractivity contribution in [1.82, 2.24) is 14.1 Å². The van der Waals surface area contributed by atoms with Gasteiger partial charge in [-0.15, -0.1) is 0 Å². The Balaban J connectivity index is 1.76. The molecule has 0 aliphatic heterocycles. The average molecular weight is 282 g/mol. The summed E-state index contributed by atoms with van der Waals surface area (Å²) in [6.07, 6.45) is 2.55. The van der Waals surface area contributed by atoms with E-state index in [0.29, 0.717) is 12.2 Å². The van der Waals surface area contributed by atoms with Gasteiger partial charge in [-0.05, 0) is 31.5 Å². The molecule has 0 saturated carbocycles. The number of nitrogen functional groups attached to an aromatic ring is 1. The molecule has 2 heterocycles. The second-order valence-corrected chi connectivity index (χ2v) is 5.15. The van der Waals surface area contributed by atoms with Crippen molar-refractivity contribution in [2.75, 3.05) is 5.73 Å². The van der Waals surface area contributed by atoms with Gasteiger partial charge in [-0.3, -0.25) is 4.79 Å². The summed E-state index contributed by atoms with van der Waals surface area (Å²) in [4.78, 5) is 16.3. The molecule has 0 aliphatic rings. The van der Waals surface area contributed by atoms with Gasteiger partial charge in [0.1, 0.15) is 5.82 Å². The molecule has 0 bridgehead atoms. The molecule has 0 unspecified atom stereocenters. The molecule has 1 aromatic carbocycles. The van der Waals surface area contributed by atoms with Crippen molar-refractivity contribution in [3.8, 4) is 0 Å². The topological polar surface area (TPSA) is 65.8 Å². The third-order valence-corrected chi connectivity index (χ3v) is 3.63. The Labute approximate surface area is 122 Å². The Morgan fingerprint density at radius 1 is 1.14 bits per heavy atom. The molecular formula is C16H18N4O. The predicted molar refractivity (Wildman–Crippen MR) is 84.2 cm³/mol. The Hall–Kier alpha value is -2.56. The first-order valence-corrected chi connectivity index (χ1v) is 7.03. The maximum absolute atomic E-state index is 11.7.